The van der Waals surface area contributed by atoms with Crippen LogP contribution in [0.1, 0.15) is 71.5 Å². The fourth-order valence-corrected chi connectivity index (χ4v) is 9.07. The zero-order chi connectivity index (χ0) is 33.0. The van der Waals surface area contributed by atoms with E-state index in [9.17, 15) is 14.7 Å². The van der Waals surface area contributed by atoms with E-state index in [2.05, 4.69) is 34.2 Å². The number of aromatic carboxylic acids is 1. The van der Waals surface area contributed by atoms with Crippen LogP contribution >= 0.6 is 11.3 Å². The molecule has 2 saturated heterocycles. The fraction of sp³-hybridized carbons (Fsp3) is 0.378. The minimum absolute atomic E-state index is 0.0215. The molecule has 2 unspecified atom stereocenters. The number of carbonyl (C=O) groups excluding carboxylic acids is 1. The molecule has 0 saturated carbocycles. The number of rotatable bonds is 7. The van der Waals surface area contributed by atoms with Crippen LogP contribution < -0.4 is 10.2 Å². The van der Waals surface area contributed by atoms with Gasteiger partial charge in [0.05, 0.1) is 34.7 Å². The zero-order valence-corrected chi connectivity index (χ0v) is 27.9. The first-order valence-electron chi connectivity index (χ1n) is 16.7. The molecule has 246 valence electrons. The standard InChI is InChI=1S/C37H38N6O4S/c1-22-14-26-15-23(2)17-37(16-22,47-26)21-43-19-25(18-38-43)27-10-11-32(40-33(27)35(45)46)42-13-12-24-6-5-7-28(29(24)20-42)34(44)41-36-39-30-8-3-4-9-31(30)48-36/h3-11,18-19,22-23,26H,12-17,20-21H2,1-2H3,(H,45,46)(H,39,41,44). The second-order valence-electron chi connectivity index (χ2n) is 13.9. The number of carboxylic acids is 1. The highest BCUT2D eigenvalue weighted by Gasteiger charge is 2.45. The third kappa shape index (κ3) is 5.85. The van der Waals surface area contributed by atoms with Crippen LogP contribution in [0.25, 0.3) is 21.3 Å². The number of para-hydroxylation sites is 1. The predicted octanol–water partition coefficient (Wildman–Crippen LogP) is 7.05. The number of aromatic nitrogens is 4. The average molecular weight is 663 g/mol. The summed E-state index contributed by atoms with van der Waals surface area (Å²) in [5.74, 6) is 0.450. The number of carboxylic acid groups (broad SMARTS) is 1. The number of thiazole rings is 1. The summed E-state index contributed by atoms with van der Waals surface area (Å²) in [6.07, 6.45) is 8.88. The largest absolute Gasteiger partial charge is 0.476 e. The van der Waals surface area contributed by atoms with Crippen molar-refractivity contribution in [3.8, 4) is 11.1 Å². The maximum atomic E-state index is 13.5. The van der Waals surface area contributed by atoms with Crippen molar-refractivity contribution in [3.05, 3.63) is 89.4 Å². The van der Waals surface area contributed by atoms with E-state index < -0.39 is 5.97 Å². The number of benzene rings is 2. The minimum Gasteiger partial charge on any atom is -0.476 e. The normalized spacial score (nSPS) is 23.5. The van der Waals surface area contributed by atoms with Crippen LogP contribution in [0.2, 0.25) is 0 Å². The van der Waals surface area contributed by atoms with Crippen LogP contribution in [0.4, 0.5) is 10.9 Å². The van der Waals surface area contributed by atoms with Crippen LogP contribution in [0.5, 0.6) is 0 Å². The summed E-state index contributed by atoms with van der Waals surface area (Å²) in [5.41, 5.74) is 4.40. The molecule has 11 heteroatoms. The van der Waals surface area contributed by atoms with E-state index in [1.54, 1.807) is 6.20 Å². The van der Waals surface area contributed by atoms with Gasteiger partial charge < -0.3 is 14.7 Å². The van der Waals surface area contributed by atoms with Gasteiger partial charge in [0.2, 0.25) is 0 Å². The van der Waals surface area contributed by atoms with Gasteiger partial charge in [-0.2, -0.15) is 5.10 Å². The molecule has 2 fully saturated rings. The predicted molar refractivity (Wildman–Crippen MR) is 186 cm³/mol. The Hall–Kier alpha value is -4.61. The van der Waals surface area contributed by atoms with Crippen LogP contribution in [0.15, 0.2) is 67.0 Å². The summed E-state index contributed by atoms with van der Waals surface area (Å²) in [7, 11) is 0. The maximum absolute atomic E-state index is 13.5. The van der Waals surface area contributed by atoms with E-state index in [-0.39, 0.29) is 17.2 Å². The molecule has 3 aliphatic heterocycles. The second-order valence-corrected chi connectivity index (χ2v) is 14.9. The Morgan fingerprint density at radius 1 is 1.04 bits per heavy atom. The molecule has 0 spiro atoms. The SMILES string of the molecule is CC1CC2CC(C)CC(Cn3cc(-c4ccc(N5CCc6cccc(C(=O)Nc7nc8ccccc8s7)c6C5)nc4C(=O)O)cn3)(C1)O2. The molecule has 3 aliphatic rings. The third-order valence-electron chi connectivity index (χ3n) is 10.0. The lowest BCUT2D eigenvalue weighted by Gasteiger charge is -2.49. The van der Waals surface area contributed by atoms with Gasteiger partial charge >= 0.3 is 5.97 Å². The topological polar surface area (TPSA) is 122 Å². The number of ether oxygens (including phenoxy) is 1. The molecular weight excluding hydrogens is 625 g/mol. The van der Waals surface area contributed by atoms with Gasteiger partial charge in [0.25, 0.3) is 5.91 Å². The van der Waals surface area contributed by atoms with Crippen LogP contribution in [-0.2, 0) is 24.2 Å². The molecule has 0 radical (unpaired) electrons. The number of nitrogens with zero attached hydrogens (tertiary/aromatic N) is 5. The first kappa shape index (κ1) is 30.7. The van der Waals surface area contributed by atoms with Gasteiger partial charge in [0.1, 0.15) is 5.82 Å². The van der Waals surface area contributed by atoms with Gasteiger partial charge in [-0.25, -0.2) is 14.8 Å². The Morgan fingerprint density at radius 3 is 2.65 bits per heavy atom. The summed E-state index contributed by atoms with van der Waals surface area (Å²) in [5, 5.41) is 18.5. The van der Waals surface area contributed by atoms with Crippen LogP contribution in [0, 0.1) is 11.8 Å². The molecule has 2 bridgehead atoms. The number of fused-ring (bicyclic) bond motifs is 4. The second kappa shape index (κ2) is 12.1. The average Bonchev–Trinajstić information content (AvgIpc) is 3.69. The van der Waals surface area contributed by atoms with Crippen molar-refractivity contribution in [3.63, 3.8) is 0 Å². The molecule has 3 aromatic heterocycles. The highest BCUT2D eigenvalue weighted by atomic mass is 32.1. The lowest BCUT2D eigenvalue weighted by molar-refractivity contribution is -0.193. The van der Waals surface area contributed by atoms with E-state index >= 15 is 0 Å². The number of amides is 1. The van der Waals surface area contributed by atoms with E-state index in [0.29, 0.717) is 71.6 Å². The van der Waals surface area contributed by atoms with Crippen molar-refractivity contribution in [2.75, 3.05) is 16.8 Å². The van der Waals surface area contributed by atoms with Crippen molar-refractivity contribution in [2.24, 2.45) is 11.8 Å². The van der Waals surface area contributed by atoms with Gasteiger partial charge in [-0.05, 0) is 85.4 Å². The van der Waals surface area contributed by atoms with Gasteiger partial charge in [0, 0.05) is 36.0 Å². The molecule has 2 N–H and O–H groups in total. The molecule has 48 heavy (non-hydrogen) atoms. The van der Waals surface area contributed by atoms with Gasteiger partial charge in [-0.1, -0.05) is 49.4 Å². The molecule has 10 nitrogen and oxygen atoms in total. The first-order valence-corrected chi connectivity index (χ1v) is 17.5. The number of carbonyl (C=O) groups is 2. The van der Waals surface area contributed by atoms with Crippen molar-refractivity contribution >= 4 is 44.4 Å². The molecule has 2 atom stereocenters. The van der Waals surface area contributed by atoms with Crippen molar-refractivity contribution in [1.82, 2.24) is 19.7 Å². The minimum atomic E-state index is -1.10. The summed E-state index contributed by atoms with van der Waals surface area (Å²) in [6, 6.07) is 17.3. The highest BCUT2D eigenvalue weighted by Crippen LogP contribution is 2.45. The molecule has 1 amide bonds. The molecular formula is C37H38N6O4S. The van der Waals surface area contributed by atoms with Crippen molar-refractivity contribution < 1.29 is 19.4 Å². The summed E-state index contributed by atoms with van der Waals surface area (Å²) >= 11 is 1.44. The van der Waals surface area contributed by atoms with E-state index in [1.807, 2.05) is 70.4 Å². The number of hydrogen-bond donors (Lipinski definition) is 2. The Balaban J connectivity index is 1.03. The Kier molecular flexibility index (Phi) is 7.76. The van der Waals surface area contributed by atoms with Gasteiger partial charge in [-0.3, -0.25) is 14.8 Å². The Bertz CT molecular complexity index is 1980. The first-order chi connectivity index (χ1) is 23.2. The number of anilines is 2. The quantitative estimate of drug-likeness (QED) is 0.190. The zero-order valence-electron chi connectivity index (χ0n) is 27.1. The summed E-state index contributed by atoms with van der Waals surface area (Å²) in [4.78, 5) is 37.3. The van der Waals surface area contributed by atoms with Crippen LogP contribution in [0.3, 0.4) is 0 Å². The maximum Gasteiger partial charge on any atom is 0.355 e. The van der Waals surface area contributed by atoms with Gasteiger partial charge in [-0.15, -0.1) is 0 Å². The number of hydrogen-bond acceptors (Lipinski definition) is 8. The van der Waals surface area contributed by atoms with Crippen molar-refractivity contribution in [1.29, 1.82) is 0 Å². The fourth-order valence-electron chi connectivity index (χ4n) is 8.21. The lowest BCUT2D eigenvalue weighted by Crippen LogP contribution is -2.51. The Labute approximate surface area is 282 Å². The molecule has 8 rings (SSSR count). The molecule has 2 aromatic carbocycles. The molecule has 6 heterocycles. The number of nitrogens with one attached hydrogen (secondary N) is 1. The third-order valence-corrected chi connectivity index (χ3v) is 11.0. The van der Waals surface area contributed by atoms with E-state index in [4.69, 9.17) is 4.74 Å². The van der Waals surface area contributed by atoms with E-state index in [1.165, 1.54) is 11.3 Å². The number of pyridine rings is 1. The Morgan fingerprint density at radius 2 is 1.85 bits per heavy atom. The molecule has 5 aromatic rings. The molecule has 0 aliphatic carbocycles. The lowest BCUT2D eigenvalue weighted by atomic mass is 9.73. The van der Waals surface area contributed by atoms with E-state index in [0.717, 1.165) is 47.0 Å². The van der Waals surface area contributed by atoms with Crippen LogP contribution in [-0.4, -0.2) is 55.0 Å². The van der Waals surface area contributed by atoms with Gasteiger partial charge in [0.15, 0.2) is 10.8 Å². The summed E-state index contributed by atoms with van der Waals surface area (Å²) < 4.78 is 9.52. The monoisotopic (exact) mass is 662 g/mol. The smallest absolute Gasteiger partial charge is 0.355 e. The van der Waals surface area contributed by atoms with Crippen molar-refractivity contribution in [2.45, 2.75) is 70.7 Å². The summed E-state index contributed by atoms with van der Waals surface area (Å²) in [6.45, 7) is 6.35. The highest BCUT2D eigenvalue weighted by molar-refractivity contribution is 7.22.